The van der Waals surface area contributed by atoms with Gasteiger partial charge in [0, 0.05) is 37.6 Å². The zero-order valence-corrected chi connectivity index (χ0v) is 15.3. The Morgan fingerprint density at radius 2 is 1.89 bits per heavy atom. The fraction of sp³-hybridized carbons (Fsp3) is 0.300. The zero-order valence-electron chi connectivity index (χ0n) is 15.3. The normalized spacial score (nSPS) is 17.8. The second-order valence-electron chi connectivity index (χ2n) is 7.57. The Morgan fingerprint density at radius 3 is 2.59 bits per heavy atom. The van der Waals surface area contributed by atoms with Crippen molar-refractivity contribution >= 4 is 23.3 Å². The maximum atomic E-state index is 12.5. The van der Waals surface area contributed by atoms with Crippen LogP contribution < -0.4 is 10.7 Å². The van der Waals surface area contributed by atoms with E-state index in [-0.39, 0.29) is 11.9 Å². The van der Waals surface area contributed by atoms with Gasteiger partial charge < -0.3 is 10.2 Å². The maximum absolute atomic E-state index is 12.5. The highest BCUT2D eigenvalue weighted by Gasteiger charge is 2.33. The molecule has 0 atom stereocenters. The highest BCUT2D eigenvalue weighted by Crippen LogP contribution is 2.27. The van der Waals surface area contributed by atoms with Crippen LogP contribution in [0.15, 0.2) is 47.8 Å². The van der Waals surface area contributed by atoms with Gasteiger partial charge in [0.25, 0.3) is 0 Å². The van der Waals surface area contributed by atoms with Crippen LogP contribution in [0.4, 0.5) is 10.5 Å². The Labute approximate surface area is 157 Å². The summed E-state index contributed by atoms with van der Waals surface area (Å²) in [5.41, 5.74) is 6.80. The number of anilines is 1. The van der Waals surface area contributed by atoms with Gasteiger partial charge in [0.1, 0.15) is 0 Å². The first-order chi connectivity index (χ1) is 12.9. The number of nitrogens with zero attached hydrogens (tertiary/aromatic N) is 3. The van der Waals surface area contributed by atoms with Crippen molar-refractivity contribution in [2.45, 2.75) is 33.4 Å². The number of fused-ring (bicyclic) bond motifs is 1. The third-order valence-electron chi connectivity index (χ3n) is 5.00. The van der Waals surface area contributed by atoms with E-state index in [2.05, 4.69) is 20.8 Å². The molecule has 2 aliphatic heterocycles. The van der Waals surface area contributed by atoms with Crippen molar-refractivity contribution in [2.24, 2.45) is 10.5 Å². The van der Waals surface area contributed by atoms with Crippen LogP contribution in [0.1, 0.15) is 37.0 Å². The number of hydrazone groups is 1. The smallest absolute Gasteiger partial charge is 0.316 e. The quantitative estimate of drug-likeness (QED) is 0.860. The van der Waals surface area contributed by atoms with Crippen molar-refractivity contribution in [3.8, 4) is 0 Å². The molecule has 0 radical (unpaired) electrons. The average molecular weight is 363 g/mol. The molecule has 2 aliphatic rings. The van der Waals surface area contributed by atoms with Gasteiger partial charge in [-0.2, -0.15) is 5.10 Å². The van der Waals surface area contributed by atoms with Gasteiger partial charge in [-0.15, -0.1) is 0 Å². The van der Waals surface area contributed by atoms with Crippen LogP contribution in [-0.2, 0) is 17.9 Å². The van der Waals surface area contributed by atoms with E-state index in [1.54, 1.807) is 11.1 Å². The topological polar surface area (TPSA) is 86.7 Å². The number of carbonyl (C=O) groups excluding carboxylic acids is 2. The number of nitrogens with one attached hydrogen (secondary N) is 2. The van der Waals surface area contributed by atoms with Crippen molar-refractivity contribution in [3.63, 3.8) is 0 Å². The number of hydrogen-bond donors (Lipinski definition) is 2. The monoisotopic (exact) mass is 363 g/mol. The van der Waals surface area contributed by atoms with Gasteiger partial charge in [-0.25, -0.2) is 10.2 Å². The maximum Gasteiger partial charge on any atom is 0.322 e. The van der Waals surface area contributed by atoms with Gasteiger partial charge >= 0.3 is 6.03 Å². The Hall–Kier alpha value is -3.22. The Bertz CT molecular complexity index is 909. The molecule has 0 spiro atoms. The number of amides is 3. The minimum Gasteiger partial charge on any atom is -0.316 e. The number of aromatic nitrogens is 1. The molecule has 3 heterocycles. The van der Waals surface area contributed by atoms with Crippen molar-refractivity contribution in [1.29, 1.82) is 0 Å². The van der Waals surface area contributed by atoms with E-state index in [1.807, 2.05) is 50.4 Å². The fourth-order valence-corrected chi connectivity index (χ4v) is 3.29. The molecule has 0 fully saturated rings. The third-order valence-corrected chi connectivity index (χ3v) is 5.00. The fourth-order valence-electron chi connectivity index (χ4n) is 3.29. The van der Waals surface area contributed by atoms with Gasteiger partial charge in [0.2, 0.25) is 5.91 Å². The number of benzene rings is 1. The number of pyridine rings is 1. The van der Waals surface area contributed by atoms with E-state index < -0.39 is 5.41 Å². The van der Waals surface area contributed by atoms with Crippen molar-refractivity contribution in [3.05, 3.63) is 59.4 Å². The highest BCUT2D eigenvalue weighted by molar-refractivity contribution is 6.06. The molecule has 0 saturated carbocycles. The van der Waals surface area contributed by atoms with Crippen molar-refractivity contribution in [2.75, 3.05) is 5.32 Å². The van der Waals surface area contributed by atoms with Crippen LogP contribution in [0.2, 0.25) is 0 Å². The molecular weight excluding hydrogens is 342 g/mol. The van der Waals surface area contributed by atoms with Gasteiger partial charge in [0.15, 0.2) is 0 Å². The summed E-state index contributed by atoms with van der Waals surface area (Å²) < 4.78 is 0. The number of carbonyl (C=O) groups is 2. The lowest BCUT2D eigenvalue weighted by Gasteiger charge is -2.27. The predicted octanol–water partition coefficient (Wildman–Crippen LogP) is 2.88. The predicted molar refractivity (Wildman–Crippen MR) is 102 cm³/mol. The molecule has 2 N–H and O–H groups in total. The van der Waals surface area contributed by atoms with Crippen LogP contribution >= 0.6 is 0 Å². The molecular formula is C20H21N5O2. The largest absolute Gasteiger partial charge is 0.322 e. The van der Waals surface area contributed by atoms with E-state index in [0.29, 0.717) is 19.5 Å². The minimum absolute atomic E-state index is 0.0723. The van der Waals surface area contributed by atoms with Gasteiger partial charge in [0.05, 0.1) is 11.1 Å². The Balaban J connectivity index is 1.42. The number of rotatable bonds is 2. The lowest BCUT2D eigenvalue weighted by Crippen LogP contribution is -2.40. The summed E-state index contributed by atoms with van der Waals surface area (Å²) in [5, 5.41) is 7.10. The summed E-state index contributed by atoms with van der Waals surface area (Å²) in [5.74, 6) is -0.0723. The summed E-state index contributed by atoms with van der Waals surface area (Å²) in [6.07, 6.45) is 4.13. The zero-order chi connectivity index (χ0) is 19.0. The Morgan fingerprint density at radius 1 is 1.15 bits per heavy atom. The van der Waals surface area contributed by atoms with Gasteiger partial charge in [-0.1, -0.05) is 26.0 Å². The summed E-state index contributed by atoms with van der Waals surface area (Å²) in [6, 6.07) is 9.33. The minimum atomic E-state index is -0.483. The summed E-state index contributed by atoms with van der Waals surface area (Å²) in [6.45, 7) is 4.95. The lowest BCUT2D eigenvalue weighted by atomic mass is 9.83. The highest BCUT2D eigenvalue weighted by atomic mass is 16.2. The average Bonchev–Trinajstić information content (AvgIpc) is 3.09. The van der Waals surface area contributed by atoms with Crippen LogP contribution in [0.5, 0.6) is 0 Å². The third kappa shape index (κ3) is 3.40. The summed E-state index contributed by atoms with van der Waals surface area (Å²) in [4.78, 5) is 30.2. The SMILES string of the molecule is CC1(C)CC(c2ccc(NC(=O)N3Cc4ccncc4C3)cc2)=NNC1=O. The molecule has 4 rings (SSSR count). The van der Waals surface area contributed by atoms with Crippen molar-refractivity contribution < 1.29 is 9.59 Å². The van der Waals surface area contributed by atoms with Crippen LogP contribution in [0.25, 0.3) is 0 Å². The lowest BCUT2D eigenvalue weighted by molar-refractivity contribution is -0.129. The molecule has 2 aromatic rings. The van der Waals surface area contributed by atoms with E-state index in [4.69, 9.17) is 0 Å². The number of hydrogen-bond acceptors (Lipinski definition) is 4. The first kappa shape index (κ1) is 17.2. The molecule has 1 aromatic heterocycles. The molecule has 27 heavy (non-hydrogen) atoms. The molecule has 0 saturated heterocycles. The van der Waals surface area contributed by atoms with E-state index in [9.17, 15) is 9.59 Å². The molecule has 7 heteroatoms. The van der Waals surface area contributed by atoms with Gasteiger partial charge in [-0.05, 0) is 34.9 Å². The molecule has 0 bridgehead atoms. The standard InChI is InChI=1S/C20H21N5O2/c1-20(2)9-17(23-24-18(20)26)13-3-5-16(6-4-13)22-19(27)25-11-14-7-8-21-10-15(14)12-25/h3-8,10H,9,11-12H2,1-2H3,(H,22,27)(H,24,26). The molecule has 1 aromatic carbocycles. The second kappa shape index (κ2) is 6.50. The van der Waals surface area contributed by atoms with E-state index in [1.165, 1.54) is 0 Å². The van der Waals surface area contributed by atoms with Crippen molar-refractivity contribution in [1.82, 2.24) is 15.3 Å². The molecule has 3 amide bonds. The molecule has 138 valence electrons. The van der Waals surface area contributed by atoms with Crippen LogP contribution in [0, 0.1) is 5.41 Å². The first-order valence-corrected chi connectivity index (χ1v) is 8.87. The summed E-state index contributed by atoms with van der Waals surface area (Å²) >= 11 is 0. The molecule has 0 unspecified atom stereocenters. The first-order valence-electron chi connectivity index (χ1n) is 8.87. The van der Waals surface area contributed by atoms with Crippen LogP contribution in [0.3, 0.4) is 0 Å². The second-order valence-corrected chi connectivity index (χ2v) is 7.57. The number of urea groups is 1. The van der Waals surface area contributed by atoms with E-state index in [0.717, 1.165) is 28.1 Å². The molecule has 7 nitrogen and oxygen atoms in total. The Kier molecular flexibility index (Phi) is 4.14. The molecule has 0 aliphatic carbocycles. The summed E-state index contributed by atoms with van der Waals surface area (Å²) in [7, 11) is 0. The van der Waals surface area contributed by atoms with E-state index >= 15 is 0 Å². The van der Waals surface area contributed by atoms with Gasteiger partial charge in [-0.3, -0.25) is 9.78 Å². The van der Waals surface area contributed by atoms with Crippen LogP contribution in [-0.4, -0.2) is 27.5 Å².